The number of rotatable bonds is 2. The van der Waals surface area contributed by atoms with Crippen LogP contribution in [0.3, 0.4) is 0 Å². The summed E-state index contributed by atoms with van der Waals surface area (Å²) in [6, 6.07) is 19.4. The summed E-state index contributed by atoms with van der Waals surface area (Å²) in [5.74, 6) is 0. The topological polar surface area (TPSA) is 9.23 Å². The number of quaternary nitrogens is 1. The third-order valence-electron chi connectivity index (χ3n) is 7.45. The normalized spacial score (nSPS) is 29.7. The highest BCUT2D eigenvalue weighted by molar-refractivity contribution is 5.43. The second-order valence-corrected chi connectivity index (χ2v) is 9.02. The minimum Gasteiger partial charge on any atom is -0.365 e. The molecular formula is C24H30NO+. The van der Waals surface area contributed by atoms with Gasteiger partial charge in [0.05, 0.1) is 32.3 Å². The lowest BCUT2D eigenvalue weighted by Crippen LogP contribution is -2.56. The van der Waals surface area contributed by atoms with E-state index in [1.54, 1.807) is 0 Å². The molecule has 2 saturated heterocycles. The van der Waals surface area contributed by atoms with Crippen LogP contribution in [-0.2, 0) is 17.6 Å². The van der Waals surface area contributed by atoms with Gasteiger partial charge in [-0.1, -0.05) is 48.5 Å². The second-order valence-electron chi connectivity index (χ2n) is 9.02. The number of hydrogen-bond acceptors (Lipinski definition) is 1. The first kappa shape index (κ1) is 16.5. The Bertz CT molecular complexity index is 748. The maximum Gasteiger partial charge on any atom is 0.108 e. The third-order valence-corrected chi connectivity index (χ3v) is 7.45. The van der Waals surface area contributed by atoms with Gasteiger partial charge >= 0.3 is 0 Å². The average molecular weight is 349 g/mol. The molecule has 2 aliphatic heterocycles. The number of fused-ring (bicyclic) bond motifs is 4. The first-order chi connectivity index (χ1) is 12.6. The van der Waals surface area contributed by atoms with E-state index in [4.69, 9.17) is 4.74 Å². The van der Waals surface area contributed by atoms with Gasteiger partial charge in [0.2, 0.25) is 0 Å². The number of aryl methyl sites for hydroxylation is 2. The first-order valence-corrected chi connectivity index (χ1v) is 10.3. The van der Waals surface area contributed by atoms with Crippen molar-refractivity contribution in [3.63, 3.8) is 0 Å². The Hall–Kier alpha value is -1.64. The van der Waals surface area contributed by atoms with Crippen LogP contribution >= 0.6 is 0 Å². The highest BCUT2D eigenvalue weighted by Gasteiger charge is 2.49. The van der Waals surface area contributed by atoms with Crippen molar-refractivity contribution < 1.29 is 9.22 Å². The fourth-order valence-electron chi connectivity index (χ4n) is 5.75. The van der Waals surface area contributed by atoms with Gasteiger partial charge in [0, 0.05) is 25.7 Å². The van der Waals surface area contributed by atoms with Crippen molar-refractivity contribution in [1.82, 2.24) is 0 Å². The van der Waals surface area contributed by atoms with Crippen LogP contribution < -0.4 is 0 Å². The minimum atomic E-state index is 0.100. The van der Waals surface area contributed by atoms with E-state index >= 15 is 0 Å². The molecule has 0 saturated carbocycles. The summed E-state index contributed by atoms with van der Waals surface area (Å²) >= 11 is 0. The van der Waals surface area contributed by atoms with Crippen LogP contribution in [0.2, 0.25) is 0 Å². The largest absolute Gasteiger partial charge is 0.365 e. The molecule has 2 aromatic rings. The summed E-state index contributed by atoms with van der Waals surface area (Å²) in [5, 5.41) is 0. The van der Waals surface area contributed by atoms with Crippen LogP contribution in [0.5, 0.6) is 0 Å². The van der Waals surface area contributed by atoms with Gasteiger partial charge in [0.15, 0.2) is 0 Å². The number of hydrogen-bond donors (Lipinski definition) is 0. The number of piperidine rings is 1. The highest BCUT2D eigenvalue weighted by Crippen LogP contribution is 2.43. The van der Waals surface area contributed by atoms with Gasteiger partial charge in [0.1, 0.15) is 6.10 Å². The van der Waals surface area contributed by atoms with Gasteiger partial charge in [-0.25, -0.2) is 0 Å². The molecule has 2 aromatic carbocycles. The molecule has 0 spiro atoms. The molecule has 0 N–H and O–H groups in total. The summed E-state index contributed by atoms with van der Waals surface area (Å²) in [5.41, 5.74) is 5.71. The second kappa shape index (κ2) is 6.21. The maximum atomic E-state index is 6.93. The molecule has 2 heterocycles. The SMILES string of the molecule is C[N+]1(C)[C@@H]2CC[C@H]1CC(OC1c3ccccc3CCc3ccccc31)C2. The van der Waals surface area contributed by atoms with E-state index in [0.29, 0.717) is 6.10 Å². The zero-order valence-electron chi connectivity index (χ0n) is 16.0. The quantitative estimate of drug-likeness (QED) is 0.717. The Balaban J connectivity index is 1.49. The summed E-state index contributed by atoms with van der Waals surface area (Å²) in [4.78, 5) is 0. The fraction of sp³-hybridized carbons (Fsp3) is 0.500. The Kier molecular flexibility index (Phi) is 3.95. The number of nitrogens with zero attached hydrogens (tertiary/aromatic N) is 1. The molecule has 26 heavy (non-hydrogen) atoms. The number of benzene rings is 2. The molecule has 3 aliphatic rings. The fourth-order valence-corrected chi connectivity index (χ4v) is 5.75. The van der Waals surface area contributed by atoms with Crippen LogP contribution in [0, 0.1) is 0 Å². The standard InChI is InChI=1S/C24H30NO/c1-25(2)19-13-14-20(25)16-21(15-19)26-24-22-9-5-3-7-17(22)11-12-18-8-4-6-10-23(18)24/h3-10,19-21,24H,11-16H2,1-2H3/q+1/t19-,20+,21?. The Labute approximate surface area is 157 Å². The van der Waals surface area contributed by atoms with Crippen molar-refractivity contribution >= 4 is 0 Å². The Morgan fingerprint density at radius 3 is 1.81 bits per heavy atom. The van der Waals surface area contributed by atoms with Gasteiger partial charge in [-0.3, -0.25) is 0 Å². The lowest BCUT2D eigenvalue weighted by Gasteiger charge is -2.44. The monoisotopic (exact) mass is 348 g/mol. The molecule has 2 nitrogen and oxygen atoms in total. The van der Waals surface area contributed by atoms with Crippen LogP contribution in [0.15, 0.2) is 48.5 Å². The van der Waals surface area contributed by atoms with Crippen LogP contribution in [0.4, 0.5) is 0 Å². The first-order valence-electron chi connectivity index (χ1n) is 10.3. The molecule has 1 aliphatic carbocycles. The van der Waals surface area contributed by atoms with Crippen LogP contribution in [0.25, 0.3) is 0 Å². The van der Waals surface area contributed by atoms with Crippen molar-refractivity contribution in [3.8, 4) is 0 Å². The smallest absolute Gasteiger partial charge is 0.108 e. The Morgan fingerprint density at radius 1 is 0.769 bits per heavy atom. The van der Waals surface area contributed by atoms with E-state index in [1.807, 2.05) is 0 Å². The van der Waals surface area contributed by atoms with E-state index < -0.39 is 0 Å². The zero-order valence-corrected chi connectivity index (χ0v) is 16.0. The predicted octanol–water partition coefficient (Wildman–Crippen LogP) is 4.66. The molecular weight excluding hydrogens is 318 g/mol. The van der Waals surface area contributed by atoms with Crippen LogP contribution in [-0.4, -0.2) is 36.8 Å². The van der Waals surface area contributed by atoms with Crippen molar-refractivity contribution in [2.75, 3.05) is 14.1 Å². The summed E-state index contributed by atoms with van der Waals surface area (Å²) in [6.45, 7) is 0. The predicted molar refractivity (Wildman–Crippen MR) is 105 cm³/mol. The lowest BCUT2D eigenvalue weighted by molar-refractivity contribution is -0.931. The summed E-state index contributed by atoms with van der Waals surface area (Å²) < 4.78 is 8.14. The van der Waals surface area contributed by atoms with E-state index in [0.717, 1.165) is 24.9 Å². The zero-order chi connectivity index (χ0) is 17.7. The minimum absolute atomic E-state index is 0.100. The molecule has 0 aromatic heterocycles. The molecule has 3 atom stereocenters. The maximum absolute atomic E-state index is 6.93. The van der Waals surface area contributed by atoms with Gasteiger partial charge in [-0.05, 0) is 35.1 Å². The Morgan fingerprint density at radius 2 is 1.27 bits per heavy atom. The number of ether oxygens (including phenoxy) is 1. The van der Waals surface area contributed by atoms with Crippen molar-refractivity contribution in [1.29, 1.82) is 0 Å². The highest BCUT2D eigenvalue weighted by atomic mass is 16.5. The lowest BCUT2D eigenvalue weighted by atomic mass is 9.94. The molecule has 2 bridgehead atoms. The van der Waals surface area contributed by atoms with E-state index in [9.17, 15) is 0 Å². The average Bonchev–Trinajstić information content (AvgIpc) is 2.84. The van der Waals surface area contributed by atoms with Gasteiger partial charge < -0.3 is 9.22 Å². The molecule has 0 radical (unpaired) electrons. The summed E-state index contributed by atoms with van der Waals surface area (Å²) in [6.07, 6.45) is 7.89. The molecule has 136 valence electrons. The molecule has 0 amide bonds. The van der Waals surface area contributed by atoms with Gasteiger partial charge in [-0.15, -0.1) is 0 Å². The van der Waals surface area contributed by atoms with E-state index in [2.05, 4.69) is 62.6 Å². The van der Waals surface area contributed by atoms with Crippen molar-refractivity contribution in [2.45, 2.75) is 62.8 Å². The van der Waals surface area contributed by atoms with Gasteiger partial charge in [-0.2, -0.15) is 0 Å². The molecule has 1 unspecified atom stereocenters. The molecule has 2 fully saturated rings. The van der Waals surface area contributed by atoms with Crippen LogP contribution in [0.1, 0.15) is 54.0 Å². The molecule has 2 heteroatoms. The van der Waals surface area contributed by atoms with E-state index in [1.165, 1.54) is 52.4 Å². The van der Waals surface area contributed by atoms with E-state index in [-0.39, 0.29) is 6.10 Å². The molecule has 5 rings (SSSR count). The van der Waals surface area contributed by atoms with Crippen molar-refractivity contribution in [2.24, 2.45) is 0 Å². The summed E-state index contributed by atoms with van der Waals surface area (Å²) in [7, 11) is 4.85. The van der Waals surface area contributed by atoms with Crippen molar-refractivity contribution in [3.05, 3.63) is 70.8 Å². The van der Waals surface area contributed by atoms with Gasteiger partial charge in [0.25, 0.3) is 0 Å². The third kappa shape index (κ3) is 2.62.